The molecule has 1 unspecified atom stereocenters. The molecular weight excluding hydrogens is 231 g/mol. The molecule has 1 aliphatic rings. The van der Waals surface area contributed by atoms with Gasteiger partial charge < -0.3 is 10.6 Å². The summed E-state index contributed by atoms with van der Waals surface area (Å²) in [5.41, 5.74) is 0.929. The lowest BCUT2D eigenvalue weighted by Crippen LogP contribution is -2.38. The van der Waals surface area contributed by atoms with E-state index >= 15 is 0 Å². The van der Waals surface area contributed by atoms with Crippen molar-refractivity contribution in [1.29, 1.82) is 0 Å². The third kappa shape index (κ3) is 3.00. The fourth-order valence-corrected chi connectivity index (χ4v) is 2.15. The summed E-state index contributed by atoms with van der Waals surface area (Å²) in [5, 5.41) is 8.20. The Morgan fingerprint density at radius 3 is 2.93 bits per heavy atom. The van der Waals surface area contributed by atoms with Gasteiger partial charge >= 0.3 is 0 Å². The summed E-state index contributed by atoms with van der Waals surface area (Å²) in [6.45, 7) is 2.10. The van der Waals surface area contributed by atoms with E-state index in [0.717, 1.165) is 23.8 Å². The zero-order valence-corrected chi connectivity index (χ0v) is 9.91. The van der Waals surface area contributed by atoms with E-state index < -0.39 is 0 Å². The summed E-state index contributed by atoms with van der Waals surface area (Å²) in [6, 6.07) is 5.95. The molecule has 1 atom stereocenters. The van der Waals surface area contributed by atoms with Crippen molar-refractivity contribution < 1.29 is 0 Å². The van der Waals surface area contributed by atoms with Gasteiger partial charge in [-0.1, -0.05) is 23.2 Å². The Balaban J connectivity index is 2.05. The molecule has 0 aromatic heterocycles. The molecule has 1 saturated heterocycles. The minimum absolute atomic E-state index is 0.453. The summed E-state index contributed by atoms with van der Waals surface area (Å²) in [5.74, 6) is 0. The second-order valence-electron chi connectivity index (χ2n) is 3.81. The molecule has 0 amide bonds. The number of hydrogen-bond acceptors (Lipinski definition) is 2. The molecule has 2 N–H and O–H groups in total. The molecule has 4 heteroatoms. The molecule has 0 saturated carbocycles. The van der Waals surface area contributed by atoms with Crippen LogP contribution in [-0.2, 0) is 0 Å². The highest BCUT2D eigenvalue weighted by Gasteiger charge is 2.13. The SMILES string of the molecule is Clc1ccc(Cl)c(NC2CCCNC2)c1. The fraction of sp³-hybridized carbons (Fsp3) is 0.455. The van der Waals surface area contributed by atoms with Crippen LogP contribution < -0.4 is 10.6 Å². The number of anilines is 1. The summed E-state index contributed by atoms with van der Waals surface area (Å²) in [7, 11) is 0. The van der Waals surface area contributed by atoms with Crippen molar-refractivity contribution in [3.05, 3.63) is 28.2 Å². The van der Waals surface area contributed by atoms with E-state index in [1.165, 1.54) is 12.8 Å². The summed E-state index contributed by atoms with van der Waals surface area (Å²) in [6.07, 6.45) is 2.38. The first-order valence-electron chi connectivity index (χ1n) is 5.18. The highest BCUT2D eigenvalue weighted by molar-refractivity contribution is 6.35. The normalized spacial score (nSPS) is 21.3. The molecular formula is C11H14Cl2N2. The Hall–Kier alpha value is -0.440. The average molecular weight is 245 g/mol. The van der Waals surface area contributed by atoms with Gasteiger partial charge in [0.05, 0.1) is 10.7 Å². The predicted molar refractivity (Wildman–Crippen MR) is 66.0 cm³/mol. The van der Waals surface area contributed by atoms with Crippen molar-refractivity contribution in [1.82, 2.24) is 5.32 Å². The van der Waals surface area contributed by atoms with E-state index in [9.17, 15) is 0 Å². The third-order valence-corrected chi connectivity index (χ3v) is 3.15. The van der Waals surface area contributed by atoms with Gasteiger partial charge in [0.2, 0.25) is 0 Å². The van der Waals surface area contributed by atoms with Crippen LogP contribution >= 0.6 is 23.2 Å². The van der Waals surface area contributed by atoms with Gasteiger partial charge in [-0.15, -0.1) is 0 Å². The van der Waals surface area contributed by atoms with Crippen LogP contribution in [0.25, 0.3) is 0 Å². The lowest BCUT2D eigenvalue weighted by molar-refractivity contribution is 0.480. The van der Waals surface area contributed by atoms with Gasteiger partial charge in [-0.2, -0.15) is 0 Å². The Bertz CT molecular complexity index is 335. The quantitative estimate of drug-likeness (QED) is 0.836. The smallest absolute Gasteiger partial charge is 0.0638 e. The van der Waals surface area contributed by atoms with Crippen LogP contribution in [0.3, 0.4) is 0 Å². The molecule has 0 radical (unpaired) electrons. The van der Waals surface area contributed by atoms with Crippen LogP contribution in [0.2, 0.25) is 10.0 Å². The standard InChI is InChI=1S/C11H14Cl2N2/c12-8-3-4-10(13)11(6-8)15-9-2-1-5-14-7-9/h3-4,6,9,14-15H,1-2,5,7H2. The van der Waals surface area contributed by atoms with Gasteiger partial charge in [0.25, 0.3) is 0 Å². The maximum absolute atomic E-state index is 6.07. The molecule has 1 aliphatic heterocycles. The van der Waals surface area contributed by atoms with E-state index in [4.69, 9.17) is 23.2 Å². The first kappa shape index (κ1) is 11.1. The maximum Gasteiger partial charge on any atom is 0.0638 e. The van der Waals surface area contributed by atoms with Gasteiger partial charge in [-0.3, -0.25) is 0 Å². The third-order valence-electron chi connectivity index (χ3n) is 2.58. The van der Waals surface area contributed by atoms with Crippen molar-refractivity contribution >= 4 is 28.9 Å². The maximum atomic E-state index is 6.07. The lowest BCUT2D eigenvalue weighted by atomic mass is 10.1. The molecule has 0 bridgehead atoms. The van der Waals surface area contributed by atoms with Crippen molar-refractivity contribution in [2.75, 3.05) is 18.4 Å². The number of hydrogen-bond donors (Lipinski definition) is 2. The van der Waals surface area contributed by atoms with E-state index in [0.29, 0.717) is 11.1 Å². The number of piperidine rings is 1. The van der Waals surface area contributed by atoms with Gasteiger partial charge in [0.15, 0.2) is 0 Å². The summed E-state index contributed by atoms with van der Waals surface area (Å²) in [4.78, 5) is 0. The first-order chi connectivity index (χ1) is 7.25. The molecule has 0 aliphatic carbocycles. The van der Waals surface area contributed by atoms with Crippen LogP contribution in [0.5, 0.6) is 0 Å². The van der Waals surface area contributed by atoms with Crippen molar-refractivity contribution in [2.24, 2.45) is 0 Å². The Morgan fingerprint density at radius 2 is 2.20 bits per heavy atom. The molecule has 1 aromatic rings. The minimum Gasteiger partial charge on any atom is -0.380 e. The zero-order chi connectivity index (χ0) is 10.7. The second kappa shape index (κ2) is 5.06. The van der Waals surface area contributed by atoms with Crippen LogP contribution in [-0.4, -0.2) is 19.1 Å². The Morgan fingerprint density at radius 1 is 1.33 bits per heavy atom. The summed E-state index contributed by atoms with van der Waals surface area (Å²) < 4.78 is 0. The highest BCUT2D eigenvalue weighted by Crippen LogP contribution is 2.26. The number of benzene rings is 1. The summed E-state index contributed by atoms with van der Waals surface area (Å²) >= 11 is 12.0. The molecule has 0 spiro atoms. The van der Waals surface area contributed by atoms with Crippen molar-refractivity contribution in [2.45, 2.75) is 18.9 Å². The van der Waals surface area contributed by atoms with E-state index in [2.05, 4.69) is 10.6 Å². The zero-order valence-electron chi connectivity index (χ0n) is 8.39. The first-order valence-corrected chi connectivity index (χ1v) is 5.93. The number of nitrogens with one attached hydrogen (secondary N) is 2. The average Bonchev–Trinajstić information content (AvgIpc) is 2.25. The Kier molecular flexibility index (Phi) is 3.73. The predicted octanol–water partition coefficient (Wildman–Crippen LogP) is 3.16. The van der Waals surface area contributed by atoms with E-state index in [1.54, 1.807) is 6.07 Å². The van der Waals surface area contributed by atoms with Crippen LogP contribution in [0.4, 0.5) is 5.69 Å². The molecule has 2 nitrogen and oxygen atoms in total. The topological polar surface area (TPSA) is 24.1 Å². The molecule has 15 heavy (non-hydrogen) atoms. The second-order valence-corrected chi connectivity index (χ2v) is 4.66. The van der Waals surface area contributed by atoms with Gasteiger partial charge in [-0.25, -0.2) is 0 Å². The van der Waals surface area contributed by atoms with Crippen LogP contribution in [0.15, 0.2) is 18.2 Å². The van der Waals surface area contributed by atoms with Crippen molar-refractivity contribution in [3.8, 4) is 0 Å². The molecule has 1 heterocycles. The van der Waals surface area contributed by atoms with Gasteiger partial charge in [0.1, 0.15) is 0 Å². The molecule has 1 fully saturated rings. The van der Waals surface area contributed by atoms with Crippen LogP contribution in [0, 0.1) is 0 Å². The van der Waals surface area contributed by atoms with E-state index in [1.807, 2.05) is 12.1 Å². The highest BCUT2D eigenvalue weighted by atomic mass is 35.5. The monoisotopic (exact) mass is 244 g/mol. The van der Waals surface area contributed by atoms with Gasteiger partial charge in [0, 0.05) is 17.6 Å². The largest absolute Gasteiger partial charge is 0.380 e. The van der Waals surface area contributed by atoms with Crippen LogP contribution in [0.1, 0.15) is 12.8 Å². The van der Waals surface area contributed by atoms with E-state index in [-0.39, 0.29) is 0 Å². The number of halogens is 2. The van der Waals surface area contributed by atoms with Crippen molar-refractivity contribution in [3.63, 3.8) is 0 Å². The molecule has 2 rings (SSSR count). The Labute approximate surface area is 100.0 Å². The van der Waals surface area contributed by atoms with Gasteiger partial charge in [-0.05, 0) is 37.6 Å². The minimum atomic E-state index is 0.453. The molecule has 1 aromatic carbocycles. The molecule has 82 valence electrons. The fourth-order valence-electron chi connectivity index (χ4n) is 1.80. The number of rotatable bonds is 2. The lowest BCUT2D eigenvalue weighted by Gasteiger charge is -2.25.